The lowest BCUT2D eigenvalue weighted by atomic mass is 10.1. The molecule has 0 unspecified atom stereocenters. The fourth-order valence-corrected chi connectivity index (χ4v) is 3.04. The van der Waals surface area contributed by atoms with Gasteiger partial charge in [0.25, 0.3) is 5.91 Å². The molecule has 138 valence electrons. The van der Waals surface area contributed by atoms with Gasteiger partial charge in [0.1, 0.15) is 0 Å². The molecule has 0 atom stereocenters. The summed E-state index contributed by atoms with van der Waals surface area (Å²) in [5, 5.41) is 2.64. The van der Waals surface area contributed by atoms with Crippen LogP contribution in [0, 0.1) is 0 Å². The number of pyridine rings is 1. The first-order chi connectivity index (χ1) is 13.2. The fourth-order valence-electron chi connectivity index (χ4n) is 3.04. The summed E-state index contributed by atoms with van der Waals surface area (Å²) in [6.45, 7) is 2.10. The molecule has 1 aromatic carbocycles. The predicted molar refractivity (Wildman–Crippen MR) is 106 cm³/mol. The van der Waals surface area contributed by atoms with E-state index in [0.29, 0.717) is 17.4 Å². The number of nitrogens with two attached hydrogens (primary N) is 1. The minimum atomic E-state index is -0.340. The van der Waals surface area contributed by atoms with E-state index >= 15 is 0 Å². The Bertz CT molecular complexity index is 852. The molecule has 1 aliphatic heterocycles. The third-order valence-electron chi connectivity index (χ3n) is 4.49. The van der Waals surface area contributed by atoms with Gasteiger partial charge >= 0.3 is 0 Å². The van der Waals surface area contributed by atoms with Crippen molar-refractivity contribution in [3.8, 4) is 0 Å². The highest BCUT2D eigenvalue weighted by Crippen LogP contribution is 2.20. The van der Waals surface area contributed by atoms with Crippen LogP contribution in [0.3, 0.4) is 0 Å². The normalized spacial score (nSPS) is 14.9. The number of aromatic nitrogens is 1. The molecule has 0 aliphatic carbocycles. The highest BCUT2D eigenvalue weighted by molar-refractivity contribution is 5.99. The van der Waals surface area contributed by atoms with Crippen molar-refractivity contribution in [3.63, 3.8) is 0 Å². The first-order valence-corrected chi connectivity index (χ1v) is 8.87. The Morgan fingerprint density at radius 2 is 1.70 bits per heavy atom. The number of hydrogen-bond donors (Lipinski definition) is 2. The number of nitrogens with zero attached hydrogens (tertiary/aromatic N) is 2. The Labute approximate surface area is 158 Å². The maximum atomic E-state index is 12.5. The minimum absolute atomic E-state index is 0.136. The van der Waals surface area contributed by atoms with Crippen LogP contribution >= 0.6 is 0 Å². The van der Waals surface area contributed by atoms with Crippen LogP contribution < -0.4 is 16.0 Å². The number of nitrogens with one attached hydrogen (secondary N) is 1. The van der Waals surface area contributed by atoms with E-state index in [0.717, 1.165) is 24.3 Å². The number of carbonyl (C=O) groups excluding carboxylic acids is 2. The first kappa shape index (κ1) is 18.4. The van der Waals surface area contributed by atoms with E-state index in [9.17, 15) is 9.59 Å². The molecule has 0 radical (unpaired) electrons. The van der Waals surface area contributed by atoms with Crippen LogP contribution in [0.15, 0.2) is 66.8 Å². The summed E-state index contributed by atoms with van der Waals surface area (Å²) in [6, 6.07) is 11.0. The van der Waals surface area contributed by atoms with E-state index in [4.69, 9.17) is 5.73 Å². The molecular weight excluding hydrogens is 340 g/mol. The number of anilines is 1. The Morgan fingerprint density at radius 1 is 1.04 bits per heavy atom. The van der Waals surface area contributed by atoms with Crippen LogP contribution in [0.4, 0.5) is 5.69 Å². The number of rotatable bonds is 6. The van der Waals surface area contributed by atoms with Gasteiger partial charge in [-0.3, -0.25) is 14.6 Å². The standard InChI is InChI=1S/C21H22N4O2/c22-14-18(16-7-9-23-10-8-16)13-19(15-26)24-21(27)17-3-5-20(6-4-17)25-11-1-2-12-25/h3-10,13-15H,1-2,11-12,22H2,(H,24,27)/b18-14+,19-13+. The Kier molecular flexibility index (Phi) is 5.99. The van der Waals surface area contributed by atoms with E-state index in [1.54, 1.807) is 42.7 Å². The van der Waals surface area contributed by atoms with Gasteiger partial charge in [-0.1, -0.05) is 0 Å². The topological polar surface area (TPSA) is 88.3 Å². The third kappa shape index (κ3) is 4.61. The maximum absolute atomic E-state index is 12.5. The number of hydrogen-bond acceptors (Lipinski definition) is 5. The molecule has 1 fully saturated rings. The molecular formula is C21H22N4O2. The zero-order valence-electron chi connectivity index (χ0n) is 15.0. The predicted octanol–water partition coefficient (Wildman–Crippen LogP) is 2.49. The van der Waals surface area contributed by atoms with Crippen molar-refractivity contribution in [1.82, 2.24) is 10.3 Å². The van der Waals surface area contributed by atoms with Gasteiger partial charge < -0.3 is 16.0 Å². The van der Waals surface area contributed by atoms with Crippen molar-refractivity contribution in [2.45, 2.75) is 12.8 Å². The van der Waals surface area contributed by atoms with Gasteiger partial charge in [-0.05, 0) is 66.5 Å². The largest absolute Gasteiger partial charge is 0.404 e. The first-order valence-electron chi connectivity index (χ1n) is 8.87. The van der Waals surface area contributed by atoms with Crippen molar-refractivity contribution >= 4 is 23.5 Å². The molecule has 3 N–H and O–H groups in total. The molecule has 1 amide bonds. The number of carbonyl (C=O) groups is 2. The zero-order valence-corrected chi connectivity index (χ0v) is 15.0. The second-order valence-electron chi connectivity index (χ2n) is 6.27. The summed E-state index contributed by atoms with van der Waals surface area (Å²) >= 11 is 0. The minimum Gasteiger partial charge on any atom is -0.404 e. The monoisotopic (exact) mass is 362 g/mol. The summed E-state index contributed by atoms with van der Waals surface area (Å²) in [7, 11) is 0. The Hall–Kier alpha value is -3.41. The Balaban J connectivity index is 1.72. The van der Waals surface area contributed by atoms with Crippen molar-refractivity contribution in [2.24, 2.45) is 5.73 Å². The average Bonchev–Trinajstić information content (AvgIpc) is 3.26. The molecule has 0 bridgehead atoms. The van der Waals surface area contributed by atoms with E-state index < -0.39 is 0 Å². The van der Waals surface area contributed by atoms with Crippen molar-refractivity contribution in [2.75, 3.05) is 18.0 Å². The van der Waals surface area contributed by atoms with Crippen molar-refractivity contribution < 1.29 is 9.59 Å². The van der Waals surface area contributed by atoms with Crippen LogP contribution in [0.25, 0.3) is 5.57 Å². The summed E-state index contributed by atoms with van der Waals surface area (Å²) < 4.78 is 0. The average molecular weight is 362 g/mol. The molecule has 1 saturated heterocycles. The van der Waals surface area contributed by atoms with E-state index in [2.05, 4.69) is 15.2 Å². The quantitative estimate of drug-likeness (QED) is 0.468. The van der Waals surface area contributed by atoms with Gasteiger partial charge in [-0.15, -0.1) is 0 Å². The molecule has 2 aromatic rings. The van der Waals surface area contributed by atoms with Gasteiger partial charge in [-0.2, -0.15) is 0 Å². The van der Waals surface area contributed by atoms with Crippen LogP contribution in [0.1, 0.15) is 28.8 Å². The van der Waals surface area contributed by atoms with Gasteiger partial charge in [0, 0.05) is 42.9 Å². The molecule has 6 nitrogen and oxygen atoms in total. The molecule has 6 heteroatoms. The van der Waals surface area contributed by atoms with E-state index in [1.165, 1.54) is 19.0 Å². The third-order valence-corrected chi connectivity index (χ3v) is 4.49. The van der Waals surface area contributed by atoms with Gasteiger partial charge in [0.15, 0.2) is 6.29 Å². The number of aldehydes is 1. The molecule has 3 rings (SSSR count). The lowest BCUT2D eigenvalue weighted by molar-refractivity contribution is -0.105. The lowest BCUT2D eigenvalue weighted by Gasteiger charge is -2.17. The maximum Gasteiger partial charge on any atom is 0.255 e. The molecule has 2 heterocycles. The summed E-state index contributed by atoms with van der Waals surface area (Å²) in [4.78, 5) is 30.1. The molecule has 27 heavy (non-hydrogen) atoms. The van der Waals surface area contributed by atoms with Gasteiger partial charge in [0.2, 0.25) is 0 Å². The van der Waals surface area contributed by atoms with Crippen LogP contribution in [0.2, 0.25) is 0 Å². The van der Waals surface area contributed by atoms with Crippen molar-refractivity contribution in [1.29, 1.82) is 0 Å². The smallest absolute Gasteiger partial charge is 0.255 e. The Morgan fingerprint density at radius 3 is 2.30 bits per heavy atom. The molecule has 0 saturated carbocycles. The fraction of sp³-hybridized carbons (Fsp3) is 0.190. The number of amides is 1. The number of allylic oxidation sites excluding steroid dienone is 3. The second kappa shape index (κ2) is 8.80. The van der Waals surface area contributed by atoms with Gasteiger partial charge in [0.05, 0.1) is 5.70 Å². The molecule has 0 spiro atoms. The summed E-state index contributed by atoms with van der Waals surface area (Å²) in [6.07, 6.45) is 9.19. The van der Waals surface area contributed by atoms with Gasteiger partial charge in [-0.25, -0.2) is 0 Å². The lowest BCUT2D eigenvalue weighted by Crippen LogP contribution is -2.24. The SMILES string of the molecule is N/C=C(\C=C(/C=O)NC(=O)c1ccc(N2CCCC2)cc1)c1ccncc1. The van der Waals surface area contributed by atoms with Crippen LogP contribution in [-0.4, -0.2) is 30.3 Å². The summed E-state index contributed by atoms with van der Waals surface area (Å²) in [5.74, 6) is -0.340. The molecule has 1 aromatic heterocycles. The summed E-state index contributed by atoms with van der Waals surface area (Å²) in [5.41, 5.74) is 8.82. The number of benzene rings is 1. The van der Waals surface area contributed by atoms with Crippen LogP contribution in [0.5, 0.6) is 0 Å². The van der Waals surface area contributed by atoms with Crippen LogP contribution in [-0.2, 0) is 4.79 Å². The van der Waals surface area contributed by atoms with E-state index in [1.807, 2.05) is 12.1 Å². The highest BCUT2D eigenvalue weighted by atomic mass is 16.2. The van der Waals surface area contributed by atoms with Crippen molar-refractivity contribution in [3.05, 3.63) is 77.9 Å². The zero-order chi connectivity index (χ0) is 19.1. The molecule has 1 aliphatic rings. The second-order valence-corrected chi connectivity index (χ2v) is 6.27. The highest BCUT2D eigenvalue weighted by Gasteiger charge is 2.13. The van der Waals surface area contributed by atoms with E-state index in [-0.39, 0.29) is 11.6 Å².